The second kappa shape index (κ2) is 5.24. The SMILES string of the molecule is CC(CC(=O)O)n1nnnc1C1CCCCS1(=O)=O. The Morgan fingerprint density at radius 1 is 1.53 bits per heavy atom. The van der Waals surface area contributed by atoms with Gasteiger partial charge in [-0.25, -0.2) is 13.1 Å². The lowest BCUT2D eigenvalue weighted by Gasteiger charge is -2.22. The molecule has 0 amide bonds. The average Bonchev–Trinajstić information content (AvgIpc) is 2.76. The van der Waals surface area contributed by atoms with Crippen LogP contribution >= 0.6 is 0 Å². The number of carboxylic acids is 1. The van der Waals surface area contributed by atoms with Gasteiger partial charge in [0.2, 0.25) is 0 Å². The van der Waals surface area contributed by atoms with Crippen molar-refractivity contribution < 1.29 is 18.3 Å². The number of tetrazole rings is 1. The Balaban J connectivity index is 2.31. The molecule has 0 aromatic carbocycles. The third-order valence-electron chi connectivity index (χ3n) is 3.27. The molecule has 1 aromatic heterocycles. The first-order valence-electron chi connectivity index (χ1n) is 6.13. The second-order valence-corrected chi connectivity index (χ2v) is 7.08. The molecule has 9 heteroatoms. The number of aliphatic carboxylic acids is 1. The van der Waals surface area contributed by atoms with Gasteiger partial charge in [0.05, 0.1) is 18.2 Å². The van der Waals surface area contributed by atoms with Gasteiger partial charge >= 0.3 is 5.97 Å². The lowest BCUT2D eigenvalue weighted by Crippen LogP contribution is -2.26. The number of nitrogens with zero attached hydrogens (tertiary/aromatic N) is 4. The molecule has 0 bridgehead atoms. The maximum Gasteiger partial charge on any atom is 0.305 e. The molecule has 2 atom stereocenters. The van der Waals surface area contributed by atoms with Crippen LogP contribution in [0.2, 0.25) is 0 Å². The molecule has 1 aliphatic heterocycles. The number of carboxylic acid groups (broad SMARTS) is 1. The second-order valence-electron chi connectivity index (χ2n) is 4.78. The van der Waals surface area contributed by atoms with E-state index < -0.39 is 27.1 Å². The van der Waals surface area contributed by atoms with Gasteiger partial charge in [0.25, 0.3) is 0 Å². The first kappa shape index (κ1) is 13.9. The van der Waals surface area contributed by atoms with Crippen molar-refractivity contribution in [2.75, 3.05) is 5.75 Å². The molecule has 2 unspecified atom stereocenters. The fraction of sp³-hybridized carbons (Fsp3) is 0.800. The number of hydrogen-bond donors (Lipinski definition) is 1. The van der Waals surface area contributed by atoms with Crippen molar-refractivity contribution in [1.82, 2.24) is 20.2 Å². The molecular formula is C10H16N4O4S. The number of carbonyl (C=O) groups is 1. The Labute approximate surface area is 110 Å². The maximum atomic E-state index is 12.1. The Hall–Kier alpha value is -1.51. The molecule has 2 heterocycles. The van der Waals surface area contributed by atoms with E-state index in [0.717, 1.165) is 6.42 Å². The average molecular weight is 288 g/mol. The zero-order valence-electron chi connectivity index (χ0n) is 10.6. The molecule has 1 aliphatic rings. The van der Waals surface area contributed by atoms with E-state index in [1.54, 1.807) is 6.92 Å². The van der Waals surface area contributed by atoms with Crippen LogP contribution in [-0.4, -0.2) is 45.5 Å². The highest BCUT2D eigenvalue weighted by atomic mass is 32.2. The third kappa shape index (κ3) is 2.91. The van der Waals surface area contributed by atoms with Crippen LogP contribution in [0.4, 0.5) is 0 Å². The topological polar surface area (TPSA) is 115 Å². The van der Waals surface area contributed by atoms with Crippen LogP contribution in [0.25, 0.3) is 0 Å². The van der Waals surface area contributed by atoms with E-state index in [1.807, 2.05) is 0 Å². The van der Waals surface area contributed by atoms with Gasteiger partial charge in [-0.1, -0.05) is 6.42 Å². The summed E-state index contributed by atoms with van der Waals surface area (Å²) in [4.78, 5) is 10.7. The van der Waals surface area contributed by atoms with Gasteiger partial charge in [0, 0.05) is 0 Å². The van der Waals surface area contributed by atoms with Crippen LogP contribution in [0.3, 0.4) is 0 Å². The van der Waals surface area contributed by atoms with Crippen molar-refractivity contribution in [3.05, 3.63) is 5.82 Å². The Morgan fingerprint density at radius 2 is 2.26 bits per heavy atom. The van der Waals surface area contributed by atoms with Gasteiger partial charge in [-0.15, -0.1) is 5.10 Å². The van der Waals surface area contributed by atoms with Gasteiger partial charge in [0.15, 0.2) is 15.7 Å². The highest BCUT2D eigenvalue weighted by Crippen LogP contribution is 2.32. The van der Waals surface area contributed by atoms with Crippen LogP contribution < -0.4 is 0 Å². The largest absolute Gasteiger partial charge is 0.481 e. The van der Waals surface area contributed by atoms with Crippen molar-refractivity contribution in [3.8, 4) is 0 Å². The standard InChI is InChI=1S/C10H16N4O4S/c1-7(6-9(15)16)14-10(11-12-13-14)8-4-2-3-5-19(8,17)18/h7-8H,2-6H2,1H3,(H,15,16). The van der Waals surface area contributed by atoms with E-state index in [4.69, 9.17) is 5.11 Å². The molecule has 19 heavy (non-hydrogen) atoms. The minimum atomic E-state index is -3.24. The van der Waals surface area contributed by atoms with Crippen LogP contribution in [0, 0.1) is 0 Å². The molecule has 1 saturated heterocycles. The molecule has 0 radical (unpaired) electrons. The van der Waals surface area contributed by atoms with E-state index in [2.05, 4.69) is 15.5 Å². The summed E-state index contributed by atoms with van der Waals surface area (Å²) in [5.74, 6) is -0.577. The van der Waals surface area contributed by atoms with Crippen molar-refractivity contribution in [1.29, 1.82) is 0 Å². The molecule has 2 rings (SSSR count). The predicted molar refractivity (Wildman–Crippen MR) is 65.2 cm³/mol. The minimum absolute atomic E-state index is 0.137. The lowest BCUT2D eigenvalue weighted by molar-refractivity contribution is -0.137. The van der Waals surface area contributed by atoms with Crippen LogP contribution in [0.15, 0.2) is 0 Å². The molecule has 1 fully saturated rings. The van der Waals surface area contributed by atoms with E-state index >= 15 is 0 Å². The Morgan fingerprint density at radius 3 is 2.89 bits per heavy atom. The summed E-state index contributed by atoms with van der Waals surface area (Å²) >= 11 is 0. The zero-order valence-corrected chi connectivity index (χ0v) is 11.4. The van der Waals surface area contributed by atoms with Crippen molar-refractivity contribution in [2.45, 2.75) is 43.9 Å². The predicted octanol–water partition coefficient (Wildman–Crippen LogP) is 0.349. The van der Waals surface area contributed by atoms with Gasteiger partial charge in [0.1, 0.15) is 5.25 Å². The monoisotopic (exact) mass is 288 g/mol. The van der Waals surface area contributed by atoms with E-state index in [1.165, 1.54) is 4.68 Å². The first-order valence-corrected chi connectivity index (χ1v) is 7.84. The Kier molecular flexibility index (Phi) is 3.83. The molecular weight excluding hydrogens is 272 g/mol. The molecule has 106 valence electrons. The van der Waals surface area contributed by atoms with Crippen LogP contribution in [0.1, 0.15) is 49.7 Å². The Bertz CT molecular complexity index is 568. The molecule has 0 saturated carbocycles. The minimum Gasteiger partial charge on any atom is -0.481 e. The van der Waals surface area contributed by atoms with Crippen LogP contribution in [-0.2, 0) is 14.6 Å². The summed E-state index contributed by atoms with van der Waals surface area (Å²) in [7, 11) is -3.24. The van der Waals surface area contributed by atoms with E-state index in [0.29, 0.717) is 12.8 Å². The zero-order chi connectivity index (χ0) is 14.0. The molecule has 0 spiro atoms. The molecule has 1 aromatic rings. The van der Waals surface area contributed by atoms with Crippen LogP contribution in [0.5, 0.6) is 0 Å². The van der Waals surface area contributed by atoms with E-state index in [9.17, 15) is 13.2 Å². The normalized spacial score (nSPS) is 23.9. The molecule has 1 N–H and O–H groups in total. The summed E-state index contributed by atoms with van der Waals surface area (Å²) in [5.41, 5.74) is 0. The first-order chi connectivity index (χ1) is 8.92. The summed E-state index contributed by atoms with van der Waals surface area (Å²) in [6.45, 7) is 1.66. The number of aromatic nitrogens is 4. The molecule has 0 aliphatic carbocycles. The number of rotatable bonds is 4. The van der Waals surface area contributed by atoms with Gasteiger partial charge in [-0.2, -0.15) is 0 Å². The summed E-state index contributed by atoms with van der Waals surface area (Å²) in [5, 5.41) is 19.1. The third-order valence-corrected chi connectivity index (χ3v) is 5.44. The summed E-state index contributed by atoms with van der Waals surface area (Å²) in [6.07, 6.45) is 1.81. The number of hydrogen-bond acceptors (Lipinski definition) is 6. The molecule has 8 nitrogen and oxygen atoms in total. The summed E-state index contributed by atoms with van der Waals surface area (Å²) in [6, 6.07) is -0.473. The summed E-state index contributed by atoms with van der Waals surface area (Å²) < 4.78 is 25.4. The quantitative estimate of drug-likeness (QED) is 0.849. The van der Waals surface area contributed by atoms with Gasteiger partial charge in [-0.05, 0) is 30.2 Å². The fourth-order valence-electron chi connectivity index (χ4n) is 2.31. The smallest absolute Gasteiger partial charge is 0.305 e. The highest BCUT2D eigenvalue weighted by Gasteiger charge is 2.35. The highest BCUT2D eigenvalue weighted by molar-refractivity contribution is 7.91. The number of sulfone groups is 1. The van der Waals surface area contributed by atoms with E-state index in [-0.39, 0.29) is 18.0 Å². The fourth-order valence-corrected chi connectivity index (χ4v) is 4.20. The van der Waals surface area contributed by atoms with Crippen molar-refractivity contribution in [3.63, 3.8) is 0 Å². The van der Waals surface area contributed by atoms with Crippen molar-refractivity contribution in [2.24, 2.45) is 0 Å². The lowest BCUT2D eigenvalue weighted by atomic mass is 10.1. The van der Waals surface area contributed by atoms with Gasteiger partial charge in [-0.3, -0.25) is 4.79 Å². The maximum absolute atomic E-state index is 12.1. The van der Waals surface area contributed by atoms with Gasteiger partial charge < -0.3 is 5.11 Å². The van der Waals surface area contributed by atoms with Crippen molar-refractivity contribution >= 4 is 15.8 Å².